The molecule has 2 N–H and O–H groups in total. The second-order valence-corrected chi connectivity index (χ2v) is 4.00. The van der Waals surface area contributed by atoms with Crippen molar-refractivity contribution in [3.05, 3.63) is 28.5 Å². The first-order chi connectivity index (χ1) is 7.08. The second-order valence-electron chi connectivity index (χ2n) is 3.20. The highest BCUT2D eigenvalue weighted by Gasteiger charge is 2.12. The fourth-order valence-electron chi connectivity index (χ4n) is 1.33. The molecule has 15 heavy (non-hydrogen) atoms. The summed E-state index contributed by atoms with van der Waals surface area (Å²) in [6.45, 7) is 1.57. The van der Waals surface area contributed by atoms with Crippen molar-refractivity contribution in [3.8, 4) is 0 Å². The van der Waals surface area contributed by atoms with Gasteiger partial charge in [-0.1, -0.05) is 0 Å². The molecular weight excluding hydrogens is 264 g/mol. The van der Waals surface area contributed by atoms with Gasteiger partial charge in [0.1, 0.15) is 11.4 Å². The normalized spacial score (nSPS) is 10.7. The van der Waals surface area contributed by atoms with Crippen molar-refractivity contribution in [2.24, 2.45) is 0 Å². The van der Waals surface area contributed by atoms with Gasteiger partial charge in [-0.2, -0.15) is 0 Å². The zero-order valence-electron chi connectivity index (χ0n) is 7.92. The smallest absolute Gasteiger partial charge is 0.409 e. The number of rotatable bonds is 2. The Labute approximate surface area is 94.5 Å². The molecule has 0 saturated heterocycles. The summed E-state index contributed by atoms with van der Waals surface area (Å²) in [4.78, 5) is 0. The van der Waals surface area contributed by atoms with Crippen LogP contribution in [0.25, 0.3) is 11.0 Å². The van der Waals surface area contributed by atoms with E-state index in [4.69, 9.17) is 9.44 Å². The van der Waals surface area contributed by atoms with Crippen LogP contribution in [-0.2, 0) is 0 Å². The second kappa shape index (κ2) is 3.86. The highest BCUT2D eigenvalue weighted by Crippen LogP contribution is 2.31. The van der Waals surface area contributed by atoms with E-state index < -0.39 is 7.05 Å². The third kappa shape index (κ3) is 2.00. The number of nitrogens with one attached hydrogen (secondary N) is 1. The van der Waals surface area contributed by atoms with Crippen LogP contribution < -0.4 is 5.23 Å². The van der Waals surface area contributed by atoms with E-state index in [-0.39, 0.29) is 5.82 Å². The molecule has 6 heteroatoms. The molecule has 78 valence electrons. The zero-order chi connectivity index (χ0) is 11.0. The Bertz CT molecular complexity index is 500. The summed E-state index contributed by atoms with van der Waals surface area (Å²) in [7, 11) is -0.714. The summed E-state index contributed by atoms with van der Waals surface area (Å²) in [6.07, 6.45) is 0. The van der Waals surface area contributed by atoms with E-state index in [1.165, 1.54) is 6.07 Å². The summed E-state index contributed by atoms with van der Waals surface area (Å²) < 4.78 is 18.9. The first-order valence-electron chi connectivity index (χ1n) is 4.40. The molecule has 0 amide bonds. The molecule has 0 spiro atoms. The molecule has 0 aliphatic rings. The van der Waals surface area contributed by atoms with Crippen LogP contribution in [0.5, 0.6) is 0 Å². The standard InChI is InChI=1S/C9H8BBrFNO2/c1-10(14)13-8-4-5-7(15-8)3-2-6(12)9(5)11/h2-4,13-14H,1H3. The van der Waals surface area contributed by atoms with E-state index in [1.54, 1.807) is 19.0 Å². The lowest BCUT2D eigenvalue weighted by Gasteiger charge is -1.98. The first-order valence-corrected chi connectivity index (χ1v) is 5.19. The van der Waals surface area contributed by atoms with E-state index in [0.29, 0.717) is 21.3 Å². The molecule has 0 unspecified atom stereocenters. The van der Waals surface area contributed by atoms with Gasteiger partial charge in [0.05, 0.1) is 4.47 Å². The Morgan fingerprint density at radius 2 is 2.27 bits per heavy atom. The van der Waals surface area contributed by atoms with Crippen LogP contribution in [0.4, 0.5) is 10.3 Å². The maximum Gasteiger partial charge on any atom is 0.409 e. The van der Waals surface area contributed by atoms with Gasteiger partial charge in [0.15, 0.2) is 5.88 Å². The van der Waals surface area contributed by atoms with Crippen molar-refractivity contribution >= 4 is 39.8 Å². The highest BCUT2D eigenvalue weighted by atomic mass is 79.9. The molecule has 0 aliphatic carbocycles. The van der Waals surface area contributed by atoms with Crippen molar-refractivity contribution < 1.29 is 13.8 Å². The molecule has 1 aromatic carbocycles. The molecule has 2 rings (SSSR count). The monoisotopic (exact) mass is 271 g/mol. The predicted molar refractivity (Wildman–Crippen MR) is 61.3 cm³/mol. The van der Waals surface area contributed by atoms with Gasteiger partial charge in [-0.3, -0.25) is 0 Å². The number of fused-ring (bicyclic) bond motifs is 1. The summed E-state index contributed by atoms with van der Waals surface area (Å²) in [6, 6.07) is 4.50. The van der Waals surface area contributed by atoms with Gasteiger partial charge in [0.25, 0.3) is 0 Å². The van der Waals surface area contributed by atoms with Gasteiger partial charge in [0.2, 0.25) is 0 Å². The molecule has 0 saturated carbocycles. The fraction of sp³-hybridized carbons (Fsp3) is 0.111. The fourth-order valence-corrected chi connectivity index (χ4v) is 1.77. The van der Waals surface area contributed by atoms with Crippen LogP contribution in [0, 0.1) is 5.82 Å². The maximum atomic E-state index is 13.2. The molecule has 0 atom stereocenters. The van der Waals surface area contributed by atoms with Crippen molar-refractivity contribution in [1.29, 1.82) is 0 Å². The van der Waals surface area contributed by atoms with E-state index in [1.807, 2.05) is 0 Å². The Morgan fingerprint density at radius 3 is 2.93 bits per heavy atom. The van der Waals surface area contributed by atoms with Gasteiger partial charge >= 0.3 is 7.05 Å². The molecule has 1 aromatic heterocycles. The summed E-state index contributed by atoms with van der Waals surface area (Å²) in [5, 5.41) is 12.4. The number of benzene rings is 1. The van der Waals surface area contributed by atoms with Gasteiger partial charge in [0, 0.05) is 11.5 Å². The third-order valence-corrected chi connectivity index (χ3v) is 2.75. The average Bonchev–Trinajstić information content (AvgIpc) is 2.54. The van der Waals surface area contributed by atoms with Crippen LogP contribution in [-0.4, -0.2) is 12.1 Å². The molecular formula is C9H8BBrFNO2. The van der Waals surface area contributed by atoms with Crippen molar-refractivity contribution in [3.63, 3.8) is 0 Å². The lowest BCUT2D eigenvalue weighted by atomic mass is 9.89. The van der Waals surface area contributed by atoms with Gasteiger partial charge < -0.3 is 14.7 Å². The Hall–Kier alpha value is -1.01. The quantitative estimate of drug-likeness (QED) is 0.826. The SMILES string of the molecule is CB(O)Nc1cc2c(Br)c(F)ccc2o1. The Morgan fingerprint density at radius 1 is 1.53 bits per heavy atom. The molecule has 0 bridgehead atoms. The van der Waals surface area contributed by atoms with Crippen molar-refractivity contribution in [2.75, 3.05) is 5.23 Å². The molecule has 1 heterocycles. The summed E-state index contributed by atoms with van der Waals surface area (Å²) in [5.41, 5.74) is 0.562. The minimum absolute atomic E-state index is 0.341. The molecule has 0 aliphatic heterocycles. The van der Waals surface area contributed by atoms with Crippen molar-refractivity contribution in [1.82, 2.24) is 0 Å². The van der Waals surface area contributed by atoms with Crippen LogP contribution >= 0.6 is 15.9 Å². The Balaban J connectivity index is 2.51. The van der Waals surface area contributed by atoms with Crippen LogP contribution in [0.15, 0.2) is 27.1 Å². The number of anilines is 1. The van der Waals surface area contributed by atoms with Gasteiger partial charge in [-0.15, -0.1) is 0 Å². The first kappa shape index (κ1) is 10.5. The van der Waals surface area contributed by atoms with Gasteiger partial charge in [-0.25, -0.2) is 4.39 Å². The lowest BCUT2D eigenvalue weighted by molar-refractivity contribution is 0.577. The topological polar surface area (TPSA) is 45.4 Å². The lowest BCUT2D eigenvalue weighted by Crippen LogP contribution is -2.18. The van der Waals surface area contributed by atoms with Gasteiger partial charge in [-0.05, 0) is 34.9 Å². The third-order valence-electron chi connectivity index (χ3n) is 1.94. The van der Waals surface area contributed by atoms with E-state index >= 15 is 0 Å². The maximum absolute atomic E-state index is 13.2. The molecule has 0 radical (unpaired) electrons. The molecule has 2 aromatic rings. The average molecular weight is 272 g/mol. The Kier molecular flexibility index (Phi) is 2.71. The highest BCUT2D eigenvalue weighted by molar-refractivity contribution is 9.10. The van der Waals surface area contributed by atoms with Crippen LogP contribution in [0.1, 0.15) is 0 Å². The number of hydrogen-bond donors (Lipinski definition) is 2. The zero-order valence-corrected chi connectivity index (χ0v) is 9.51. The number of furan rings is 1. The minimum Gasteiger partial charge on any atom is -0.442 e. The summed E-state index contributed by atoms with van der Waals surface area (Å²) in [5.74, 6) is 0.0678. The van der Waals surface area contributed by atoms with E-state index in [9.17, 15) is 4.39 Å². The molecule has 0 fully saturated rings. The van der Waals surface area contributed by atoms with Crippen molar-refractivity contribution in [2.45, 2.75) is 6.82 Å². The number of halogens is 2. The van der Waals surface area contributed by atoms with E-state index in [0.717, 1.165) is 0 Å². The van der Waals surface area contributed by atoms with Crippen LogP contribution in [0.2, 0.25) is 6.82 Å². The number of hydrogen-bond acceptors (Lipinski definition) is 3. The summed E-state index contributed by atoms with van der Waals surface area (Å²) >= 11 is 3.14. The largest absolute Gasteiger partial charge is 0.442 e. The minimum atomic E-state index is -0.714. The van der Waals surface area contributed by atoms with Crippen LogP contribution in [0.3, 0.4) is 0 Å². The molecule has 3 nitrogen and oxygen atoms in total. The van der Waals surface area contributed by atoms with E-state index in [2.05, 4.69) is 21.2 Å². The predicted octanol–water partition coefficient (Wildman–Crippen LogP) is 2.86.